The van der Waals surface area contributed by atoms with Gasteiger partial charge in [-0.25, -0.2) is 9.59 Å². The van der Waals surface area contributed by atoms with Gasteiger partial charge in [-0.15, -0.1) is 0 Å². The van der Waals surface area contributed by atoms with Crippen LogP contribution in [-0.4, -0.2) is 58.6 Å². The lowest BCUT2D eigenvalue weighted by Crippen LogP contribution is -2.56. The fourth-order valence-corrected chi connectivity index (χ4v) is 4.98. The zero-order valence-corrected chi connectivity index (χ0v) is 29.2. The summed E-state index contributed by atoms with van der Waals surface area (Å²) >= 11 is 0. The molecule has 0 aliphatic carbocycles. The van der Waals surface area contributed by atoms with Crippen LogP contribution in [0.15, 0.2) is 60.7 Å². The van der Waals surface area contributed by atoms with Crippen molar-refractivity contribution < 1.29 is 28.7 Å². The lowest BCUT2D eigenvalue weighted by molar-refractivity contribution is -0.159. The zero-order valence-electron chi connectivity index (χ0n) is 29.2. The third kappa shape index (κ3) is 13.2. The second-order valence-electron chi connectivity index (χ2n) is 14.1. The van der Waals surface area contributed by atoms with Gasteiger partial charge in [0.05, 0.1) is 0 Å². The molecule has 9 nitrogen and oxygen atoms in total. The summed E-state index contributed by atoms with van der Waals surface area (Å²) in [6.45, 7) is 16.7. The zero-order chi connectivity index (χ0) is 34.5. The molecule has 2 rings (SSSR count). The van der Waals surface area contributed by atoms with Crippen molar-refractivity contribution in [2.45, 2.75) is 124 Å². The molecule has 0 aromatic heterocycles. The Morgan fingerprint density at radius 3 is 1.85 bits per heavy atom. The molecule has 2 aromatic rings. The molecule has 0 spiro atoms. The van der Waals surface area contributed by atoms with E-state index in [2.05, 4.69) is 17.6 Å². The van der Waals surface area contributed by atoms with E-state index in [4.69, 9.17) is 9.47 Å². The van der Waals surface area contributed by atoms with Gasteiger partial charge in [0.25, 0.3) is 0 Å². The highest BCUT2D eigenvalue weighted by Crippen LogP contribution is 2.26. The van der Waals surface area contributed by atoms with Crippen molar-refractivity contribution >= 4 is 23.9 Å². The average molecular weight is 638 g/mol. The van der Waals surface area contributed by atoms with Gasteiger partial charge in [0, 0.05) is 13.0 Å². The Morgan fingerprint density at radius 2 is 1.33 bits per heavy atom. The number of carbonyl (C=O) groups is 4. The molecule has 2 N–H and O–H groups in total. The van der Waals surface area contributed by atoms with Crippen molar-refractivity contribution in [3.05, 3.63) is 71.8 Å². The van der Waals surface area contributed by atoms with Crippen LogP contribution in [0.3, 0.4) is 0 Å². The minimum atomic E-state index is -1.07. The summed E-state index contributed by atoms with van der Waals surface area (Å²) in [5.74, 6) is -1.78. The first-order valence-electron chi connectivity index (χ1n) is 16.4. The minimum Gasteiger partial charge on any atom is -0.458 e. The van der Waals surface area contributed by atoms with Crippen molar-refractivity contribution in [2.75, 3.05) is 6.54 Å². The van der Waals surface area contributed by atoms with Gasteiger partial charge in [0.2, 0.25) is 11.8 Å². The number of rotatable bonds is 15. The summed E-state index contributed by atoms with van der Waals surface area (Å²) in [5, 5.41) is 5.70. The van der Waals surface area contributed by atoms with Crippen LogP contribution in [0.4, 0.5) is 4.79 Å². The van der Waals surface area contributed by atoms with Gasteiger partial charge >= 0.3 is 12.1 Å². The molecule has 46 heavy (non-hydrogen) atoms. The van der Waals surface area contributed by atoms with E-state index >= 15 is 0 Å². The molecule has 0 aliphatic rings. The lowest BCUT2D eigenvalue weighted by Gasteiger charge is -2.36. The predicted octanol–water partition coefficient (Wildman–Crippen LogP) is 6.76. The van der Waals surface area contributed by atoms with Gasteiger partial charge in [-0.3, -0.25) is 9.59 Å². The molecule has 0 radical (unpaired) electrons. The first-order valence-corrected chi connectivity index (χ1v) is 16.4. The van der Waals surface area contributed by atoms with E-state index in [-0.39, 0.29) is 18.9 Å². The molecule has 2 aromatic carbocycles. The number of benzene rings is 2. The molecule has 0 fully saturated rings. The van der Waals surface area contributed by atoms with E-state index in [1.807, 2.05) is 62.4 Å². The highest BCUT2D eigenvalue weighted by atomic mass is 16.6. The number of nitrogens with one attached hydrogen (secondary N) is 2. The Hall–Kier alpha value is -3.88. The number of hydrogen-bond acceptors (Lipinski definition) is 6. The summed E-state index contributed by atoms with van der Waals surface area (Å²) in [5.41, 5.74) is -0.0828. The second kappa shape index (κ2) is 17.7. The molecule has 0 saturated heterocycles. The number of hydrogen-bond donors (Lipinski definition) is 2. The lowest BCUT2D eigenvalue weighted by atomic mass is 9.97. The Morgan fingerprint density at radius 1 is 0.761 bits per heavy atom. The Labute approximate surface area is 275 Å². The number of unbranched alkanes of at least 4 members (excludes halogenated alkanes) is 3. The molecule has 254 valence electrons. The summed E-state index contributed by atoms with van der Waals surface area (Å²) in [6, 6.07) is 15.4. The summed E-state index contributed by atoms with van der Waals surface area (Å²) in [6.07, 6.45) is 3.01. The fourth-order valence-electron chi connectivity index (χ4n) is 4.98. The number of esters is 1. The summed E-state index contributed by atoms with van der Waals surface area (Å²) < 4.78 is 11.2. The molecule has 0 saturated carbocycles. The van der Waals surface area contributed by atoms with Crippen LogP contribution < -0.4 is 10.6 Å². The maximum atomic E-state index is 14.5. The van der Waals surface area contributed by atoms with Crippen LogP contribution in [0, 0.1) is 5.92 Å². The summed E-state index contributed by atoms with van der Waals surface area (Å²) in [4.78, 5) is 56.7. The maximum Gasteiger partial charge on any atom is 0.408 e. The van der Waals surface area contributed by atoms with E-state index in [0.29, 0.717) is 12.0 Å². The van der Waals surface area contributed by atoms with Gasteiger partial charge in [-0.05, 0) is 65.0 Å². The molecular weight excluding hydrogens is 582 g/mol. The van der Waals surface area contributed by atoms with Crippen molar-refractivity contribution in [1.29, 1.82) is 0 Å². The van der Waals surface area contributed by atoms with E-state index < -0.39 is 53.2 Å². The Kier molecular flexibility index (Phi) is 14.8. The quantitative estimate of drug-likeness (QED) is 0.165. The normalized spacial score (nSPS) is 13.7. The van der Waals surface area contributed by atoms with Gasteiger partial charge < -0.3 is 25.0 Å². The number of amides is 3. The van der Waals surface area contributed by atoms with Crippen LogP contribution in [-0.2, 0) is 30.3 Å². The smallest absolute Gasteiger partial charge is 0.408 e. The number of carbonyl (C=O) groups excluding carboxylic acids is 4. The van der Waals surface area contributed by atoms with Crippen LogP contribution in [0.1, 0.15) is 105 Å². The molecule has 0 aliphatic heterocycles. The number of nitrogens with zero attached hydrogens (tertiary/aromatic N) is 1. The molecule has 3 amide bonds. The van der Waals surface area contributed by atoms with Gasteiger partial charge in [0.1, 0.15) is 29.3 Å². The highest BCUT2D eigenvalue weighted by molar-refractivity contribution is 5.94. The molecule has 3 unspecified atom stereocenters. The third-order valence-electron chi connectivity index (χ3n) is 7.11. The van der Waals surface area contributed by atoms with Crippen LogP contribution in [0.25, 0.3) is 0 Å². The molecular formula is C37H55N3O6. The number of alkyl carbamates (subject to hydrolysis) is 1. The van der Waals surface area contributed by atoms with Crippen molar-refractivity contribution in [1.82, 2.24) is 15.5 Å². The van der Waals surface area contributed by atoms with Crippen molar-refractivity contribution in [2.24, 2.45) is 5.92 Å². The molecule has 0 heterocycles. The largest absolute Gasteiger partial charge is 0.458 e. The molecule has 9 heteroatoms. The standard InChI is InChI=1S/C37H55N3O6/c1-10-11-12-19-24-40(33(42)30(26(2)3)39-35(44)46-37(7,8)9)31(28-22-17-14-18-23-28)32(41)38-29(34(43)45-36(4,5)6)25-27-20-15-13-16-21-27/h13-18,20-23,26,29-31H,10-12,19,24-25H2,1-9H3,(H,38,41)(H,39,44). The fraction of sp³-hybridized carbons (Fsp3) is 0.568. The topological polar surface area (TPSA) is 114 Å². The van der Waals surface area contributed by atoms with Crippen LogP contribution in [0.2, 0.25) is 0 Å². The summed E-state index contributed by atoms with van der Waals surface area (Å²) in [7, 11) is 0. The van der Waals surface area contributed by atoms with Crippen molar-refractivity contribution in [3.63, 3.8) is 0 Å². The molecule has 3 atom stereocenters. The Bertz CT molecular complexity index is 1250. The van der Waals surface area contributed by atoms with Crippen LogP contribution in [0.5, 0.6) is 0 Å². The predicted molar refractivity (Wildman–Crippen MR) is 181 cm³/mol. The van der Waals surface area contributed by atoms with Gasteiger partial charge in [0.15, 0.2) is 0 Å². The highest BCUT2D eigenvalue weighted by Gasteiger charge is 2.39. The second-order valence-corrected chi connectivity index (χ2v) is 14.1. The van der Waals surface area contributed by atoms with Crippen molar-refractivity contribution in [3.8, 4) is 0 Å². The van der Waals surface area contributed by atoms with E-state index in [0.717, 1.165) is 24.8 Å². The van der Waals surface area contributed by atoms with E-state index in [1.165, 1.54) is 4.90 Å². The Balaban J connectivity index is 2.57. The van der Waals surface area contributed by atoms with Crippen LogP contribution >= 0.6 is 0 Å². The van der Waals surface area contributed by atoms with Gasteiger partial charge in [-0.2, -0.15) is 0 Å². The van der Waals surface area contributed by atoms with E-state index in [1.54, 1.807) is 53.7 Å². The molecule has 0 bridgehead atoms. The first kappa shape index (κ1) is 38.3. The monoisotopic (exact) mass is 637 g/mol. The maximum absolute atomic E-state index is 14.5. The minimum absolute atomic E-state index is 0.211. The van der Waals surface area contributed by atoms with Gasteiger partial charge in [-0.1, -0.05) is 101 Å². The number of ether oxygens (including phenoxy) is 2. The first-order chi connectivity index (χ1) is 21.5. The third-order valence-corrected chi connectivity index (χ3v) is 7.11. The average Bonchev–Trinajstić information content (AvgIpc) is 2.96. The SMILES string of the molecule is CCCCCCN(C(=O)C(NC(=O)OC(C)(C)C)C(C)C)C(C(=O)NC(Cc1ccccc1)C(=O)OC(C)(C)C)c1ccccc1. The van der Waals surface area contributed by atoms with E-state index in [9.17, 15) is 19.2 Å².